The lowest BCUT2D eigenvalue weighted by Crippen LogP contribution is -2.22. The van der Waals surface area contributed by atoms with Crippen LogP contribution in [-0.4, -0.2) is 10.5 Å². The molecule has 0 fully saturated rings. The third kappa shape index (κ3) is 4.79. The first-order valence-electron chi connectivity index (χ1n) is 8.51. The molecule has 1 heterocycles. The molecule has 1 amide bonds. The lowest BCUT2D eigenvalue weighted by atomic mass is 10.1. The Labute approximate surface area is 167 Å². The van der Waals surface area contributed by atoms with E-state index in [1.807, 2.05) is 24.3 Å². The molecule has 0 radical (unpaired) electrons. The third-order valence-corrected chi connectivity index (χ3v) is 4.81. The van der Waals surface area contributed by atoms with E-state index in [-0.39, 0.29) is 18.0 Å². The van der Waals surface area contributed by atoms with Crippen LogP contribution in [0.2, 0.25) is 10.0 Å². The Morgan fingerprint density at radius 3 is 2.44 bits per heavy atom. The number of hydrogen-bond donors (Lipinski definition) is 1. The molecule has 0 spiro atoms. The second kappa shape index (κ2) is 8.42. The summed E-state index contributed by atoms with van der Waals surface area (Å²) in [6.07, 6.45) is 2.47. The van der Waals surface area contributed by atoms with Crippen LogP contribution in [0.1, 0.15) is 28.4 Å². The van der Waals surface area contributed by atoms with E-state index in [0.717, 1.165) is 12.0 Å². The number of nitrogens with zero attached hydrogens (tertiary/aromatic N) is 1. The van der Waals surface area contributed by atoms with Gasteiger partial charge in [-0.25, -0.2) is 0 Å². The molecule has 3 rings (SSSR count). The number of aryl methyl sites for hydroxylation is 1. The molecule has 0 aliphatic carbocycles. The number of hydrogen-bond acceptors (Lipinski definition) is 2. The summed E-state index contributed by atoms with van der Waals surface area (Å²) < 4.78 is 1.45. The van der Waals surface area contributed by atoms with Crippen LogP contribution in [0.3, 0.4) is 0 Å². The molecule has 1 N–H and O–H groups in total. The molecule has 0 saturated carbocycles. The molecule has 0 atom stereocenters. The molecule has 138 valence electrons. The normalized spacial score (nSPS) is 10.6. The Hall–Kier alpha value is -2.56. The summed E-state index contributed by atoms with van der Waals surface area (Å²) in [4.78, 5) is 24.7. The fourth-order valence-electron chi connectivity index (χ4n) is 2.65. The summed E-state index contributed by atoms with van der Waals surface area (Å²) in [7, 11) is 0. The fourth-order valence-corrected chi connectivity index (χ4v) is 3.12. The van der Waals surface area contributed by atoms with Gasteiger partial charge >= 0.3 is 0 Å². The van der Waals surface area contributed by atoms with Crippen molar-refractivity contribution in [2.75, 3.05) is 5.32 Å². The summed E-state index contributed by atoms with van der Waals surface area (Å²) in [6.45, 7) is 2.32. The average Bonchev–Trinajstić information content (AvgIpc) is 2.66. The lowest BCUT2D eigenvalue weighted by molar-refractivity contribution is 0.102. The van der Waals surface area contributed by atoms with Crippen molar-refractivity contribution in [1.82, 2.24) is 4.57 Å². The molecule has 0 saturated heterocycles. The summed E-state index contributed by atoms with van der Waals surface area (Å²) in [6, 6.07) is 15.7. The first-order valence-corrected chi connectivity index (χ1v) is 9.26. The Kier molecular flexibility index (Phi) is 5.99. The Balaban J connectivity index is 1.81. The van der Waals surface area contributed by atoms with E-state index in [9.17, 15) is 9.59 Å². The van der Waals surface area contributed by atoms with Crippen LogP contribution in [-0.2, 0) is 13.0 Å². The van der Waals surface area contributed by atoms with E-state index >= 15 is 0 Å². The summed E-state index contributed by atoms with van der Waals surface area (Å²) >= 11 is 12.1. The van der Waals surface area contributed by atoms with Crippen molar-refractivity contribution in [3.05, 3.63) is 97.9 Å². The summed E-state index contributed by atoms with van der Waals surface area (Å²) in [5, 5.41) is 3.84. The third-order valence-electron chi connectivity index (χ3n) is 4.22. The van der Waals surface area contributed by atoms with E-state index in [1.54, 1.807) is 18.2 Å². The van der Waals surface area contributed by atoms with Gasteiger partial charge in [-0.05, 0) is 47.9 Å². The van der Waals surface area contributed by atoms with Crippen molar-refractivity contribution >= 4 is 34.8 Å². The highest BCUT2D eigenvalue weighted by Gasteiger charge is 2.10. The number of anilines is 1. The number of aromatic nitrogens is 1. The quantitative estimate of drug-likeness (QED) is 0.653. The van der Waals surface area contributed by atoms with Crippen molar-refractivity contribution in [1.29, 1.82) is 0 Å². The van der Waals surface area contributed by atoms with Gasteiger partial charge in [-0.1, -0.05) is 48.3 Å². The molecule has 27 heavy (non-hydrogen) atoms. The average molecular weight is 401 g/mol. The highest BCUT2D eigenvalue weighted by molar-refractivity contribution is 6.35. The SMILES string of the molecule is CCc1ccc(NC(=O)c2ccc(=O)n(Cc3ccc(Cl)cc3Cl)c2)cc1. The van der Waals surface area contributed by atoms with Gasteiger partial charge in [-0.15, -0.1) is 0 Å². The highest BCUT2D eigenvalue weighted by Crippen LogP contribution is 2.21. The number of benzene rings is 2. The molecule has 0 aliphatic rings. The molecule has 3 aromatic rings. The topological polar surface area (TPSA) is 51.1 Å². The minimum absolute atomic E-state index is 0.218. The predicted octanol–water partition coefficient (Wildman–Crippen LogP) is 5.02. The number of carbonyl (C=O) groups excluding carboxylic acids is 1. The van der Waals surface area contributed by atoms with Gasteiger partial charge in [0.2, 0.25) is 0 Å². The molecular weight excluding hydrogens is 383 g/mol. The second-order valence-corrected chi connectivity index (χ2v) is 6.97. The zero-order valence-corrected chi connectivity index (χ0v) is 16.2. The molecule has 0 bridgehead atoms. The van der Waals surface area contributed by atoms with Crippen LogP contribution in [0, 0.1) is 0 Å². The van der Waals surface area contributed by atoms with Crippen molar-refractivity contribution in [3.8, 4) is 0 Å². The molecule has 0 aliphatic heterocycles. The number of nitrogens with one attached hydrogen (secondary N) is 1. The van der Waals surface area contributed by atoms with Crippen LogP contribution in [0.25, 0.3) is 0 Å². The maximum atomic E-state index is 12.5. The Bertz CT molecular complexity index is 1030. The number of amides is 1. The van der Waals surface area contributed by atoms with E-state index < -0.39 is 0 Å². The standard InChI is InChI=1S/C21H18Cl2N2O2/c1-2-14-3-8-18(9-4-14)24-21(27)16-6-10-20(26)25(13-16)12-15-5-7-17(22)11-19(15)23/h3-11,13H,2,12H2,1H3,(H,24,27). The number of pyridine rings is 1. The van der Waals surface area contributed by atoms with Gasteiger partial charge in [0.25, 0.3) is 11.5 Å². The zero-order valence-electron chi connectivity index (χ0n) is 14.7. The predicted molar refractivity (Wildman–Crippen MR) is 110 cm³/mol. The van der Waals surface area contributed by atoms with Gasteiger partial charge in [0.1, 0.15) is 0 Å². The smallest absolute Gasteiger partial charge is 0.257 e. The van der Waals surface area contributed by atoms with Crippen molar-refractivity contribution in [2.24, 2.45) is 0 Å². The minimum atomic E-state index is -0.282. The molecular formula is C21H18Cl2N2O2. The first-order chi connectivity index (χ1) is 13.0. The number of halogens is 2. The van der Waals surface area contributed by atoms with E-state index in [4.69, 9.17) is 23.2 Å². The second-order valence-electron chi connectivity index (χ2n) is 6.12. The van der Waals surface area contributed by atoms with Gasteiger partial charge in [-0.3, -0.25) is 9.59 Å². The molecule has 6 heteroatoms. The Morgan fingerprint density at radius 2 is 1.78 bits per heavy atom. The summed E-state index contributed by atoms with van der Waals surface area (Å²) in [5.41, 5.74) is 2.82. The maximum Gasteiger partial charge on any atom is 0.257 e. The monoisotopic (exact) mass is 400 g/mol. The minimum Gasteiger partial charge on any atom is -0.322 e. The van der Waals surface area contributed by atoms with Gasteiger partial charge in [0.15, 0.2) is 0 Å². The van der Waals surface area contributed by atoms with Crippen molar-refractivity contribution in [2.45, 2.75) is 19.9 Å². The number of rotatable bonds is 5. The van der Waals surface area contributed by atoms with Crippen LogP contribution in [0.4, 0.5) is 5.69 Å². The van der Waals surface area contributed by atoms with Crippen molar-refractivity contribution < 1.29 is 4.79 Å². The fraction of sp³-hybridized carbons (Fsp3) is 0.143. The summed E-state index contributed by atoms with van der Waals surface area (Å²) in [5.74, 6) is -0.282. The largest absolute Gasteiger partial charge is 0.322 e. The first kappa shape index (κ1) is 19.2. The van der Waals surface area contributed by atoms with E-state index in [1.165, 1.54) is 28.5 Å². The zero-order chi connectivity index (χ0) is 19.4. The van der Waals surface area contributed by atoms with Crippen LogP contribution < -0.4 is 10.9 Å². The Morgan fingerprint density at radius 1 is 1.04 bits per heavy atom. The molecule has 0 unspecified atom stereocenters. The van der Waals surface area contributed by atoms with Gasteiger partial charge in [0, 0.05) is 28.0 Å². The van der Waals surface area contributed by atoms with Crippen LogP contribution in [0.15, 0.2) is 65.6 Å². The van der Waals surface area contributed by atoms with Gasteiger partial charge in [0.05, 0.1) is 12.1 Å². The van der Waals surface area contributed by atoms with Gasteiger partial charge < -0.3 is 9.88 Å². The molecule has 2 aromatic carbocycles. The van der Waals surface area contributed by atoms with Crippen LogP contribution >= 0.6 is 23.2 Å². The van der Waals surface area contributed by atoms with Gasteiger partial charge in [-0.2, -0.15) is 0 Å². The lowest BCUT2D eigenvalue weighted by Gasteiger charge is -2.11. The maximum absolute atomic E-state index is 12.5. The highest BCUT2D eigenvalue weighted by atomic mass is 35.5. The molecule has 4 nitrogen and oxygen atoms in total. The van der Waals surface area contributed by atoms with E-state index in [2.05, 4.69) is 12.2 Å². The molecule has 1 aromatic heterocycles. The van der Waals surface area contributed by atoms with E-state index in [0.29, 0.717) is 21.3 Å². The van der Waals surface area contributed by atoms with Crippen LogP contribution in [0.5, 0.6) is 0 Å². The van der Waals surface area contributed by atoms with Crippen molar-refractivity contribution in [3.63, 3.8) is 0 Å². The number of carbonyl (C=O) groups is 1.